The number of carboxylic acid groups (broad SMARTS) is 1. The molecule has 0 aliphatic rings. The van der Waals surface area contributed by atoms with Gasteiger partial charge in [0.25, 0.3) is 11.8 Å². The molecule has 0 fully saturated rings. The summed E-state index contributed by atoms with van der Waals surface area (Å²) in [7, 11) is 1.37. The third kappa shape index (κ3) is 5.10. The first kappa shape index (κ1) is 22.5. The van der Waals surface area contributed by atoms with Crippen LogP contribution in [0.5, 0.6) is 0 Å². The van der Waals surface area contributed by atoms with Crippen molar-refractivity contribution < 1.29 is 19.5 Å². The minimum absolute atomic E-state index is 0.171. The molecule has 0 saturated carbocycles. The van der Waals surface area contributed by atoms with Crippen LogP contribution >= 0.6 is 0 Å². The number of benzene rings is 3. The Bertz CT molecular complexity index is 1150. The van der Waals surface area contributed by atoms with Crippen molar-refractivity contribution in [3.63, 3.8) is 0 Å². The Morgan fingerprint density at radius 3 is 1.84 bits per heavy atom. The normalized spacial score (nSPS) is 10.3. The highest BCUT2D eigenvalue weighted by molar-refractivity contribution is 6.04. The molecule has 6 nitrogen and oxygen atoms in total. The zero-order valence-electron chi connectivity index (χ0n) is 18.0. The van der Waals surface area contributed by atoms with E-state index < -0.39 is 11.9 Å². The van der Waals surface area contributed by atoms with Crippen molar-refractivity contribution in [1.29, 1.82) is 0 Å². The van der Waals surface area contributed by atoms with Crippen LogP contribution in [0, 0.1) is 0 Å². The van der Waals surface area contributed by atoms with E-state index in [2.05, 4.69) is 18.8 Å². The standard InChI is InChI=1S/C26H24N2O4/c1-4-18-5-7-21(8-6-18)24(29)27-23-15-13-20(14-16-23)19-9-11-22(12-10-19)25(30)28(3)17(2)26(31)32/h5-16H,2,4H2,1,3H3,(H,27,29)(H,31,32). The fourth-order valence-corrected chi connectivity index (χ4v) is 3.11. The number of aliphatic carboxylic acids is 1. The van der Waals surface area contributed by atoms with E-state index in [1.807, 2.05) is 48.5 Å². The molecule has 6 heteroatoms. The molecule has 0 saturated heterocycles. The smallest absolute Gasteiger partial charge is 0.351 e. The molecule has 0 aliphatic heterocycles. The molecule has 32 heavy (non-hydrogen) atoms. The van der Waals surface area contributed by atoms with Crippen molar-refractivity contribution in [2.75, 3.05) is 12.4 Å². The van der Waals surface area contributed by atoms with E-state index in [0.29, 0.717) is 16.8 Å². The van der Waals surface area contributed by atoms with Gasteiger partial charge < -0.3 is 15.3 Å². The first-order valence-electron chi connectivity index (χ1n) is 10.1. The van der Waals surface area contributed by atoms with Crippen molar-refractivity contribution in [2.24, 2.45) is 0 Å². The van der Waals surface area contributed by atoms with Crippen molar-refractivity contribution >= 4 is 23.5 Å². The lowest BCUT2D eigenvalue weighted by Crippen LogP contribution is -2.29. The molecule has 162 valence electrons. The van der Waals surface area contributed by atoms with E-state index in [1.54, 1.807) is 24.3 Å². The number of nitrogens with zero attached hydrogens (tertiary/aromatic N) is 1. The van der Waals surface area contributed by atoms with Crippen LogP contribution in [-0.2, 0) is 11.2 Å². The van der Waals surface area contributed by atoms with Gasteiger partial charge in [-0.1, -0.05) is 49.9 Å². The summed E-state index contributed by atoms with van der Waals surface area (Å²) in [6.45, 7) is 5.46. The number of aryl methyl sites for hydroxylation is 1. The molecule has 0 aromatic heterocycles. The average molecular weight is 428 g/mol. The van der Waals surface area contributed by atoms with Crippen LogP contribution in [0.2, 0.25) is 0 Å². The lowest BCUT2D eigenvalue weighted by atomic mass is 10.0. The molecular formula is C26H24N2O4. The predicted octanol–water partition coefficient (Wildman–Crippen LogP) is 4.84. The number of nitrogens with one attached hydrogen (secondary N) is 1. The van der Waals surface area contributed by atoms with E-state index in [0.717, 1.165) is 22.4 Å². The zero-order chi connectivity index (χ0) is 23.3. The Labute approximate surface area is 186 Å². The largest absolute Gasteiger partial charge is 0.477 e. The molecule has 0 aliphatic carbocycles. The molecule has 3 rings (SSSR count). The second kappa shape index (κ2) is 9.75. The molecular weight excluding hydrogens is 404 g/mol. The van der Waals surface area contributed by atoms with Crippen LogP contribution in [0.25, 0.3) is 11.1 Å². The van der Waals surface area contributed by atoms with E-state index in [1.165, 1.54) is 12.6 Å². The third-order valence-electron chi connectivity index (χ3n) is 5.19. The second-order valence-electron chi connectivity index (χ2n) is 7.28. The van der Waals surface area contributed by atoms with Crippen LogP contribution in [-0.4, -0.2) is 34.8 Å². The van der Waals surface area contributed by atoms with Gasteiger partial charge in [0.2, 0.25) is 0 Å². The van der Waals surface area contributed by atoms with Gasteiger partial charge in [-0.3, -0.25) is 9.59 Å². The number of hydrogen-bond donors (Lipinski definition) is 2. The minimum Gasteiger partial charge on any atom is -0.477 e. The number of carbonyl (C=O) groups excluding carboxylic acids is 2. The molecule has 0 spiro atoms. The number of carbonyl (C=O) groups is 3. The number of hydrogen-bond acceptors (Lipinski definition) is 3. The van der Waals surface area contributed by atoms with Gasteiger partial charge in [0.1, 0.15) is 5.70 Å². The number of amides is 2. The first-order valence-corrected chi connectivity index (χ1v) is 10.1. The lowest BCUT2D eigenvalue weighted by molar-refractivity contribution is -0.134. The van der Waals surface area contributed by atoms with Crippen LogP contribution in [0.4, 0.5) is 5.69 Å². The van der Waals surface area contributed by atoms with Crippen LogP contribution in [0.3, 0.4) is 0 Å². The maximum atomic E-state index is 12.4. The first-order chi connectivity index (χ1) is 15.3. The van der Waals surface area contributed by atoms with Crippen molar-refractivity contribution in [3.05, 3.63) is 102 Å². The fourth-order valence-electron chi connectivity index (χ4n) is 3.11. The zero-order valence-corrected chi connectivity index (χ0v) is 18.0. The highest BCUT2D eigenvalue weighted by Crippen LogP contribution is 2.23. The Hall–Kier alpha value is -4.19. The van der Waals surface area contributed by atoms with Gasteiger partial charge in [0, 0.05) is 23.9 Å². The van der Waals surface area contributed by atoms with Gasteiger partial charge in [-0.25, -0.2) is 4.79 Å². The molecule has 2 amide bonds. The number of anilines is 1. The minimum atomic E-state index is -1.25. The third-order valence-corrected chi connectivity index (χ3v) is 5.19. The van der Waals surface area contributed by atoms with Crippen LogP contribution in [0.15, 0.2) is 85.1 Å². The fraction of sp³-hybridized carbons (Fsp3) is 0.115. The molecule has 0 bridgehead atoms. The van der Waals surface area contributed by atoms with E-state index in [-0.39, 0.29) is 11.6 Å². The van der Waals surface area contributed by atoms with E-state index in [9.17, 15) is 14.4 Å². The van der Waals surface area contributed by atoms with Crippen molar-refractivity contribution in [3.8, 4) is 11.1 Å². The van der Waals surface area contributed by atoms with Gasteiger partial charge in [0.15, 0.2) is 0 Å². The van der Waals surface area contributed by atoms with Gasteiger partial charge >= 0.3 is 5.97 Å². The molecule has 0 unspecified atom stereocenters. The van der Waals surface area contributed by atoms with Crippen molar-refractivity contribution in [1.82, 2.24) is 4.90 Å². The SMILES string of the molecule is C=C(C(=O)O)N(C)C(=O)c1ccc(-c2ccc(NC(=O)c3ccc(CC)cc3)cc2)cc1. The summed E-state index contributed by atoms with van der Waals surface area (Å²) in [5, 5.41) is 11.9. The number of rotatable bonds is 7. The molecule has 3 aromatic rings. The summed E-state index contributed by atoms with van der Waals surface area (Å²) in [4.78, 5) is 36.8. The van der Waals surface area contributed by atoms with Gasteiger partial charge in [-0.05, 0) is 59.5 Å². The Morgan fingerprint density at radius 1 is 0.844 bits per heavy atom. The van der Waals surface area contributed by atoms with E-state index >= 15 is 0 Å². The molecule has 3 aromatic carbocycles. The van der Waals surface area contributed by atoms with Crippen LogP contribution in [0.1, 0.15) is 33.2 Å². The summed E-state index contributed by atoms with van der Waals surface area (Å²) < 4.78 is 0. The second-order valence-corrected chi connectivity index (χ2v) is 7.28. The molecule has 0 radical (unpaired) electrons. The lowest BCUT2D eigenvalue weighted by Gasteiger charge is -2.16. The highest BCUT2D eigenvalue weighted by atomic mass is 16.4. The van der Waals surface area contributed by atoms with Gasteiger partial charge in [0.05, 0.1) is 0 Å². The average Bonchev–Trinajstić information content (AvgIpc) is 2.83. The maximum Gasteiger partial charge on any atom is 0.351 e. The summed E-state index contributed by atoms with van der Waals surface area (Å²) in [5.74, 6) is -1.87. The summed E-state index contributed by atoms with van der Waals surface area (Å²) >= 11 is 0. The topological polar surface area (TPSA) is 86.7 Å². The Balaban J connectivity index is 1.67. The number of likely N-dealkylation sites (N-methyl/N-ethyl adjacent to an activating group) is 1. The predicted molar refractivity (Wildman–Crippen MR) is 125 cm³/mol. The molecule has 2 N–H and O–H groups in total. The quantitative estimate of drug-likeness (QED) is 0.527. The maximum absolute atomic E-state index is 12.4. The molecule has 0 atom stereocenters. The van der Waals surface area contributed by atoms with E-state index in [4.69, 9.17) is 5.11 Å². The number of carboxylic acids is 1. The van der Waals surface area contributed by atoms with Crippen molar-refractivity contribution in [2.45, 2.75) is 13.3 Å². The summed E-state index contributed by atoms with van der Waals surface area (Å²) in [5.41, 5.74) is 4.32. The summed E-state index contributed by atoms with van der Waals surface area (Å²) in [6, 6.07) is 21.8. The van der Waals surface area contributed by atoms with Crippen LogP contribution < -0.4 is 5.32 Å². The monoisotopic (exact) mass is 428 g/mol. The van der Waals surface area contributed by atoms with Gasteiger partial charge in [-0.15, -0.1) is 0 Å². The Kier molecular flexibility index (Phi) is 6.85. The summed E-state index contributed by atoms with van der Waals surface area (Å²) in [6.07, 6.45) is 0.923. The van der Waals surface area contributed by atoms with Gasteiger partial charge in [-0.2, -0.15) is 0 Å². The Morgan fingerprint density at radius 2 is 1.34 bits per heavy atom. The molecule has 0 heterocycles. The highest BCUT2D eigenvalue weighted by Gasteiger charge is 2.18.